The fourth-order valence-corrected chi connectivity index (χ4v) is 3.05. The standard InChI is InChI=1S/C15H17BrN2O/c16-13-8-11-2-1-5-17-15(11)12(9-13)10-18(6-7-19)14-3-4-14/h1-2,5,8-9,14,19H,3-4,6-7,10H2. The van der Waals surface area contributed by atoms with Crippen LogP contribution in [0.1, 0.15) is 18.4 Å². The molecular weight excluding hydrogens is 304 g/mol. The van der Waals surface area contributed by atoms with Crippen molar-refractivity contribution < 1.29 is 5.11 Å². The predicted molar refractivity (Wildman–Crippen MR) is 80.0 cm³/mol. The third kappa shape index (κ3) is 2.96. The molecule has 2 aromatic rings. The van der Waals surface area contributed by atoms with E-state index in [0.29, 0.717) is 6.04 Å². The second kappa shape index (κ2) is 5.57. The number of hydrogen-bond acceptors (Lipinski definition) is 3. The topological polar surface area (TPSA) is 36.4 Å². The second-order valence-electron chi connectivity index (χ2n) is 5.07. The SMILES string of the molecule is OCCN(Cc1cc(Br)cc2cccnc12)C1CC1. The lowest BCUT2D eigenvalue weighted by molar-refractivity contribution is 0.184. The minimum absolute atomic E-state index is 0.218. The van der Waals surface area contributed by atoms with Gasteiger partial charge in [0.25, 0.3) is 0 Å². The lowest BCUT2D eigenvalue weighted by Crippen LogP contribution is -2.28. The molecule has 3 rings (SSSR count). The zero-order valence-electron chi connectivity index (χ0n) is 10.7. The molecule has 0 saturated heterocycles. The van der Waals surface area contributed by atoms with Gasteiger partial charge in [-0.2, -0.15) is 0 Å². The summed E-state index contributed by atoms with van der Waals surface area (Å²) in [7, 11) is 0. The Labute approximate surface area is 121 Å². The summed E-state index contributed by atoms with van der Waals surface area (Å²) < 4.78 is 1.09. The maximum absolute atomic E-state index is 9.19. The highest BCUT2D eigenvalue weighted by molar-refractivity contribution is 9.10. The smallest absolute Gasteiger partial charge is 0.0747 e. The average Bonchev–Trinajstić information content (AvgIpc) is 3.22. The molecule has 0 radical (unpaired) electrons. The van der Waals surface area contributed by atoms with Crippen LogP contribution in [0.15, 0.2) is 34.9 Å². The Morgan fingerprint density at radius 1 is 1.37 bits per heavy atom. The van der Waals surface area contributed by atoms with Crippen molar-refractivity contribution in [2.45, 2.75) is 25.4 Å². The summed E-state index contributed by atoms with van der Waals surface area (Å²) in [6.07, 6.45) is 4.34. The molecular formula is C15H17BrN2O. The Bertz CT molecular complexity index is 583. The van der Waals surface area contributed by atoms with Crippen molar-refractivity contribution in [3.8, 4) is 0 Å². The van der Waals surface area contributed by atoms with Crippen LogP contribution in [0.5, 0.6) is 0 Å². The lowest BCUT2D eigenvalue weighted by Gasteiger charge is -2.21. The van der Waals surface area contributed by atoms with E-state index in [9.17, 15) is 5.11 Å². The number of fused-ring (bicyclic) bond motifs is 1. The molecule has 1 aromatic carbocycles. The number of aliphatic hydroxyl groups excluding tert-OH is 1. The van der Waals surface area contributed by atoms with E-state index in [2.05, 4.69) is 44.0 Å². The van der Waals surface area contributed by atoms with E-state index in [1.165, 1.54) is 18.4 Å². The summed E-state index contributed by atoms with van der Waals surface area (Å²) in [4.78, 5) is 6.86. The van der Waals surface area contributed by atoms with Gasteiger partial charge in [-0.15, -0.1) is 0 Å². The van der Waals surface area contributed by atoms with Gasteiger partial charge in [0.1, 0.15) is 0 Å². The molecule has 0 spiro atoms. The fraction of sp³-hybridized carbons (Fsp3) is 0.400. The van der Waals surface area contributed by atoms with Crippen molar-refractivity contribution in [3.05, 3.63) is 40.5 Å². The van der Waals surface area contributed by atoms with E-state index in [1.807, 2.05) is 12.3 Å². The highest BCUT2D eigenvalue weighted by Gasteiger charge is 2.28. The van der Waals surface area contributed by atoms with Crippen LogP contribution in [0, 0.1) is 0 Å². The Morgan fingerprint density at radius 2 is 2.21 bits per heavy atom. The number of pyridine rings is 1. The Balaban J connectivity index is 1.94. The average molecular weight is 321 g/mol. The third-order valence-corrected chi connectivity index (χ3v) is 4.03. The number of rotatable bonds is 5. The fourth-order valence-electron chi connectivity index (χ4n) is 2.53. The van der Waals surface area contributed by atoms with Crippen LogP contribution >= 0.6 is 15.9 Å². The van der Waals surface area contributed by atoms with Gasteiger partial charge in [-0.1, -0.05) is 22.0 Å². The molecule has 3 nitrogen and oxygen atoms in total. The van der Waals surface area contributed by atoms with Crippen molar-refractivity contribution in [2.24, 2.45) is 0 Å². The van der Waals surface area contributed by atoms with E-state index in [-0.39, 0.29) is 6.61 Å². The molecule has 19 heavy (non-hydrogen) atoms. The summed E-state index contributed by atoms with van der Waals surface area (Å²) in [5, 5.41) is 10.4. The van der Waals surface area contributed by atoms with Crippen molar-refractivity contribution in [1.29, 1.82) is 0 Å². The Morgan fingerprint density at radius 3 is 2.95 bits per heavy atom. The number of halogens is 1. The molecule has 0 amide bonds. The van der Waals surface area contributed by atoms with Gasteiger partial charge >= 0.3 is 0 Å². The van der Waals surface area contributed by atoms with Crippen molar-refractivity contribution >= 4 is 26.8 Å². The van der Waals surface area contributed by atoms with Crippen molar-refractivity contribution in [3.63, 3.8) is 0 Å². The van der Waals surface area contributed by atoms with Crippen LogP contribution in [0.4, 0.5) is 0 Å². The van der Waals surface area contributed by atoms with Crippen LogP contribution in [-0.4, -0.2) is 34.2 Å². The van der Waals surface area contributed by atoms with E-state index < -0.39 is 0 Å². The summed E-state index contributed by atoms with van der Waals surface area (Å²) in [5.41, 5.74) is 2.29. The third-order valence-electron chi connectivity index (χ3n) is 3.57. The molecule has 1 heterocycles. The summed E-state index contributed by atoms with van der Waals surface area (Å²) in [6.45, 7) is 1.82. The number of benzene rings is 1. The van der Waals surface area contributed by atoms with E-state index >= 15 is 0 Å². The lowest BCUT2D eigenvalue weighted by atomic mass is 10.1. The minimum Gasteiger partial charge on any atom is -0.395 e. The summed E-state index contributed by atoms with van der Waals surface area (Å²) in [5.74, 6) is 0. The molecule has 4 heteroatoms. The molecule has 0 bridgehead atoms. The molecule has 1 aliphatic rings. The highest BCUT2D eigenvalue weighted by Crippen LogP contribution is 2.30. The molecule has 0 aliphatic heterocycles. The van der Waals surface area contributed by atoms with Gasteiger partial charge in [-0.05, 0) is 36.6 Å². The van der Waals surface area contributed by atoms with Crippen LogP contribution in [0.3, 0.4) is 0 Å². The monoisotopic (exact) mass is 320 g/mol. The van der Waals surface area contributed by atoms with Gasteiger partial charge in [-0.25, -0.2) is 0 Å². The maximum Gasteiger partial charge on any atom is 0.0747 e. The zero-order chi connectivity index (χ0) is 13.2. The Kier molecular flexibility index (Phi) is 3.82. The molecule has 1 aromatic heterocycles. The molecule has 1 fully saturated rings. The molecule has 1 aliphatic carbocycles. The van der Waals surface area contributed by atoms with Gasteiger partial charge in [0.2, 0.25) is 0 Å². The predicted octanol–water partition coefficient (Wildman–Crippen LogP) is 2.95. The van der Waals surface area contributed by atoms with Gasteiger partial charge < -0.3 is 5.11 Å². The van der Waals surface area contributed by atoms with E-state index in [0.717, 1.165) is 28.5 Å². The maximum atomic E-state index is 9.19. The van der Waals surface area contributed by atoms with Crippen LogP contribution in [-0.2, 0) is 6.54 Å². The summed E-state index contributed by atoms with van der Waals surface area (Å²) >= 11 is 3.57. The number of aliphatic hydroxyl groups is 1. The minimum atomic E-state index is 0.218. The number of nitrogens with zero attached hydrogens (tertiary/aromatic N) is 2. The van der Waals surface area contributed by atoms with Gasteiger partial charge in [-0.3, -0.25) is 9.88 Å². The largest absolute Gasteiger partial charge is 0.395 e. The first-order valence-electron chi connectivity index (χ1n) is 6.66. The van der Waals surface area contributed by atoms with Crippen LogP contribution in [0.2, 0.25) is 0 Å². The molecule has 0 unspecified atom stereocenters. The summed E-state index contributed by atoms with van der Waals surface area (Å²) in [6, 6.07) is 8.93. The van der Waals surface area contributed by atoms with Crippen molar-refractivity contribution in [2.75, 3.05) is 13.2 Å². The second-order valence-corrected chi connectivity index (χ2v) is 5.98. The molecule has 100 valence electrons. The normalized spacial score (nSPS) is 15.3. The molecule has 1 N–H and O–H groups in total. The quantitative estimate of drug-likeness (QED) is 0.920. The first-order chi connectivity index (χ1) is 9.28. The van der Waals surface area contributed by atoms with Crippen molar-refractivity contribution in [1.82, 2.24) is 9.88 Å². The number of hydrogen-bond donors (Lipinski definition) is 1. The van der Waals surface area contributed by atoms with Gasteiger partial charge in [0.15, 0.2) is 0 Å². The molecule has 0 atom stereocenters. The van der Waals surface area contributed by atoms with E-state index in [4.69, 9.17) is 0 Å². The zero-order valence-corrected chi connectivity index (χ0v) is 12.3. The molecule has 1 saturated carbocycles. The van der Waals surface area contributed by atoms with Gasteiger partial charge in [0.05, 0.1) is 12.1 Å². The van der Waals surface area contributed by atoms with Crippen LogP contribution in [0.25, 0.3) is 10.9 Å². The van der Waals surface area contributed by atoms with E-state index in [1.54, 1.807) is 0 Å². The van der Waals surface area contributed by atoms with Gasteiger partial charge in [0, 0.05) is 35.2 Å². The van der Waals surface area contributed by atoms with Crippen LogP contribution < -0.4 is 0 Å². The highest BCUT2D eigenvalue weighted by atomic mass is 79.9. The first kappa shape index (κ1) is 13.0. The number of aromatic nitrogens is 1. The first-order valence-corrected chi connectivity index (χ1v) is 7.45. The Hall–Kier alpha value is -0.970.